The number of para-hydroxylation sites is 1. The first-order valence-corrected chi connectivity index (χ1v) is 12.2. The molecular weight excluding hydrogens is 421 g/mol. The van der Waals surface area contributed by atoms with E-state index >= 15 is 0 Å². The first-order valence-electron chi connectivity index (χ1n) is 10.2. The molecule has 1 N–H and O–H groups in total. The van der Waals surface area contributed by atoms with E-state index in [-0.39, 0.29) is 29.1 Å². The number of aromatic nitrogens is 2. The highest BCUT2D eigenvalue weighted by atomic mass is 32.2. The topological polar surface area (TPSA) is 98.2 Å². The number of benzene rings is 1. The molecular formula is C22H24FN3O4S. The summed E-state index contributed by atoms with van der Waals surface area (Å²) >= 11 is 0. The molecule has 0 spiro atoms. The molecule has 2 fully saturated rings. The molecule has 1 amide bonds. The first kappa shape index (κ1) is 21.4. The predicted octanol–water partition coefficient (Wildman–Crippen LogP) is 3.76. The van der Waals surface area contributed by atoms with Gasteiger partial charge in [0.15, 0.2) is 21.8 Å². The van der Waals surface area contributed by atoms with Crippen LogP contribution in [0.4, 0.5) is 4.39 Å². The highest BCUT2D eigenvalue weighted by Gasteiger charge is 2.36. The highest BCUT2D eigenvalue weighted by molar-refractivity contribution is 7.93. The van der Waals surface area contributed by atoms with E-state index in [0.717, 1.165) is 37.3 Å². The Labute approximate surface area is 180 Å². The lowest BCUT2D eigenvalue weighted by atomic mass is 10.1. The number of rotatable bonds is 9. The number of hydrogen-bond acceptors (Lipinski definition) is 6. The second kappa shape index (κ2) is 8.74. The smallest absolute Gasteiger partial charge is 0.258 e. The zero-order valence-corrected chi connectivity index (χ0v) is 17.9. The van der Waals surface area contributed by atoms with Crippen molar-refractivity contribution in [2.45, 2.75) is 37.9 Å². The Morgan fingerprint density at radius 1 is 1.19 bits per heavy atom. The summed E-state index contributed by atoms with van der Waals surface area (Å²) in [6.45, 7) is 0. The Morgan fingerprint density at radius 2 is 1.87 bits per heavy atom. The summed E-state index contributed by atoms with van der Waals surface area (Å²) in [6, 6.07) is 8.35. The number of carbonyl (C=O) groups is 1. The van der Waals surface area contributed by atoms with E-state index < -0.39 is 28.0 Å². The number of nitrogens with one attached hydrogen (secondary N) is 1. The van der Waals surface area contributed by atoms with Crippen LogP contribution < -0.4 is 10.1 Å². The summed E-state index contributed by atoms with van der Waals surface area (Å²) in [5.74, 6) is 0.00259. The van der Waals surface area contributed by atoms with Crippen LogP contribution in [0, 0.1) is 11.8 Å². The molecule has 0 aliphatic heterocycles. The minimum atomic E-state index is -3.31. The molecule has 4 rings (SSSR count). The quantitative estimate of drug-likeness (QED) is 0.631. The van der Waals surface area contributed by atoms with Crippen molar-refractivity contribution in [2.24, 2.45) is 11.8 Å². The number of ether oxygens (including phenoxy) is 1. The van der Waals surface area contributed by atoms with E-state index in [0.29, 0.717) is 5.75 Å². The van der Waals surface area contributed by atoms with Gasteiger partial charge in [-0.1, -0.05) is 24.3 Å². The van der Waals surface area contributed by atoms with Gasteiger partial charge in [-0.15, -0.1) is 0 Å². The maximum atomic E-state index is 14.6. The second-order valence-corrected chi connectivity index (χ2v) is 10.0. The maximum absolute atomic E-state index is 14.6. The van der Waals surface area contributed by atoms with E-state index in [4.69, 9.17) is 4.74 Å². The molecule has 7 nitrogen and oxygen atoms in total. The minimum absolute atomic E-state index is 0.000645. The Morgan fingerprint density at radius 3 is 2.48 bits per heavy atom. The van der Waals surface area contributed by atoms with Crippen molar-refractivity contribution < 1.29 is 22.3 Å². The van der Waals surface area contributed by atoms with E-state index in [1.165, 1.54) is 12.3 Å². The fraction of sp³-hybridized carbons (Fsp3) is 0.409. The highest BCUT2D eigenvalue weighted by Crippen LogP contribution is 2.43. The van der Waals surface area contributed by atoms with Crippen molar-refractivity contribution in [1.29, 1.82) is 0 Å². The summed E-state index contributed by atoms with van der Waals surface area (Å²) in [5, 5.41) is 3.93. The van der Waals surface area contributed by atoms with E-state index in [1.54, 1.807) is 24.3 Å². The summed E-state index contributed by atoms with van der Waals surface area (Å²) in [5.41, 5.74) is 0.0639. The molecule has 31 heavy (non-hydrogen) atoms. The zero-order valence-electron chi connectivity index (χ0n) is 17.1. The number of amides is 1. The average Bonchev–Trinajstić information content (AvgIpc) is 3.63. The molecule has 2 aliphatic rings. The number of alkyl halides is 1. The van der Waals surface area contributed by atoms with Crippen molar-refractivity contribution >= 4 is 15.7 Å². The van der Waals surface area contributed by atoms with Gasteiger partial charge in [-0.05, 0) is 49.7 Å². The fourth-order valence-corrected chi connectivity index (χ4v) is 3.63. The molecule has 2 saturated carbocycles. The van der Waals surface area contributed by atoms with Crippen LogP contribution in [0.1, 0.15) is 48.0 Å². The van der Waals surface area contributed by atoms with E-state index in [1.807, 2.05) is 6.07 Å². The molecule has 9 heteroatoms. The zero-order chi connectivity index (χ0) is 22.0. The lowest BCUT2D eigenvalue weighted by Gasteiger charge is -2.16. The Hall–Kier alpha value is -2.81. The number of halogens is 1. The second-order valence-electron chi connectivity index (χ2n) is 8.10. The summed E-state index contributed by atoms with van der Waals surface area (Å²) in [4.78, 5) is 21.3. The Kier molecular flexibility index (Phi) is 6.04. The summed E-state index contributed by atoms with van der Waals surface area (Å²) < 4.78 is 43.3. The molecule has 1 aromatic carbocycles. The SMILES string of the molecule is CS(=O)(=O)/C=C/[C@@H](NC(=O)c1cnc(C(F)C2CC2)nc1Oc1ccccc1)C1CC1. The van der Waals surface area contributed by atoms with Crippen molar-refractivity contribution in [3.05, 3.63) is 59.4 Å². The van der Waals surface area contributed by atoms with Crippen molar-refractivity contribution in [1.82, 2.24) is 15.3 Å². The number of sulfone groups is 1. The molecule has 1 aromatic heterocycles. The van der Waals surface area contributed by atoms with Gasteiger partial charge in [0, 0.05) is 17.9 Å². The number of hydrogen-bond donors (Lipinski definition) is 1. The third-order valence-electron chi connectivity index (χ3n) is 5.22. The molecule has 0 saturated heterocycles. The van der Waals surface area contributed by atoms with Gasteiger partial charge in [-0.2, -0.15) is 4.98 Å². The summed E-state index contributed by atoms with van der Waals surface area (Å²) in [7, 11) is -3.31. The van der Waals surface area contributed by atoms with Crippen LogP contribution in [0.25, 0.3) is 0 Å². The van der Waals surface area contributed by atoms with Crippen LogP contribution in [0.2, 0.25) is 0 Å². The molecule has 164 valence electrons. The van der Waals surface area contributed by atoms with Crippen LogP contribution in [0.15, 0.2) is 48.0 Å². The van der Waals surface area contributed by atoms with E-state index in [2.05, 4.69) is 15.3 Å². The van der Waals surface area contributed by atoms with Gasteiger partial charge in [0.25, 0.3) is 5.91 Å². The normalized spacial score (nSPS) is 18.5. The van der Waals surface area contributed by atoms with Crippen LogP contribution in [0.3, 0.4) is 0 Å². The van der Waals surface area contributed by atoms with Crippen LogP contribution >= 0.6 is 0 Å². The van der Waals surface area contributed by atoms with Crippen LogP contribution in [-0.2, 0) is 9.84 Å². The van der Waals surface area contributed by atoms with Gasteiger partial charge < -0.3 is 10.1 Å². The van der Waals surface area contributed by atoms with Gasteiger partial charge in [-0.3, -0.25) is 4.79 Å². The van der Waals surface area contributed by atoms with Gasteiger partial charge in [0.1, 0.15) is 11.3 Å². The first-order chi connectivity index (χ1) is 14.8. The number of carbonyl (C=O) groups excluding carboxylic acids is 1. The third kappa shape index (κ3) is 5.88. The number of nitrogens with zero attached hydrogens (tertiary/aromatic N) is 2. The van der Waals surface area contributed by atoms with Gasteiger partial charge in [0.05, 0.1) is 6.04 Å². The molecule has 1 heterocycles. The summed E-state index contributed by atoms with van der Waals surface area (Å²) in [6.07, 6.45) is 5.93. The molecule has 2 aliphatic carbocycles. The van der Waals surface area contributed by atoms with Gasteiger partial charge >= 0.3 is 0 Å². The lowest BCUT2D eigenvalue weighted by Crippen LogP contribution is -2.35. The van der Waals surface area contributed by atoms with Crippen molar-refractivity contribution in [3.8, 4) is 11.6 Å². The Balaban J connectivity index is 1.60. The van der Waals surface area contributed by atoms with Gasteiger partial charge in [-0.25, -0.2) is 17.8 Å². The largest absolute Gasteiger partial charge is 0.438 e. The molecule has 0 bridgehead atoms. The average molecular weight is 446 g/mol. The van der Waals surface area contributed by atoms with Crippen LogP contribution in [-0.4, -0.2) is 36.6 Å². The van der Waals surface area contributed by atoms with Crippen LogP contribution in [0.5, 0.6) is 11.6 Å². The molecule has 2 atom stereocenters. The molecule has 0 radical (unpaired) electrons. The van der Waals surface area contributed by atoms with Crippen molar-refractivity contribution in [3.63, 3.8) is 0 Å². The third-order valence-corrected chi connectivity index (χ3v) is 5.87. The molecule has 1 unspecified atom stereocenters. The lowest BCUT2D eigenvalue weighted by molar-refractivity contribution is 0.0937. The van der Waals surface area contributed by atoms with Crippen molar-refractivity contribution in [2.75, 3.05) is 6.26 Å². The monoisotopic (exact) mass is 445 g/mol. The van der Waals surface area contributed by atoms with Gasteiger partial charge in [0.2, 0.25) is 5.88 Å². The predicted molar refractivity (Wildman–Crippen MR) is 113 cm³/mol. The Bertz CT molecular complexity index is 1080. The fourth-order valence-electron chi connectivity index (χ4n) is 3.18. The molecule has 2 aromatic rings. The minimum Gasteiger partial charge on any atom is -0.438 e. The maximum Gasteiger partial charge on any atom is 0.258 e. The van der Waals surface area contributed by atoms with E-state index in [9.17, 15) is 17.6 Å². The standard InChI is InChI=1S/C22H24FN3O4S/c1-31(28,29)12-11-18(14-7-8-14)25-21(27)17-13-24-20(19(23)15-9-10-15)26-22(17)30-16-5-3-2-4-6-16/h2-6,11-15,18-19H,7-10H2,1H3,(H,25,27)/b12-11+/t18-,19?/m1/s1.